The van der Waals surface area contributed by atoms with Gasteiger partial charge in [0.2, 0.25) is 0 Å². The van der Waals surface area contributed by atoms with Crippen molar-refractivity contribution >= 4 is 6.09 Å². The molecule has 13 heavy (non-hydrogen) atoms. The first kappa shape index (κ1) is 12.2. The number of ether oxygens (including phenoxy) is 1. The predicted octanol–water partition coefficient (Wildman–Crippen LogP) is 1.24. The summed E-state index contributed by atoms with van der Waals surface area (Å²) in [7, 11) is 1.00. The molecule has 1 aliphatic heterocycles. The van der Waals surface area contributed by atoms with Crippen molar-refractivity contribution in [3.8, 4) is 0 Å². The van der Waals surface area contributed by atoms with Gasteiger partial charge in [0, 0.05) is 20.2 Å². The summed E-state index contributed by atoms with van der Waals surface area (Å²) in [6.45, 7) is 4.42. The zero-order chi connectivity index (χ0) is 10.1. The number of rotatable bonds is 3. The van der Waals surface area contributed by atoms with Gasteiger partial charge in [-0.25, -0.2) is 4.79 Å². The van der Waals surface area contributed by atoms with Crippen LogP contribution in [0.5, 0.6) is 0 Å². The van der Waals surface area contributed by atoms with Crippen molar-refractivity contribution in [3.05, 3.63) is 0 Å². The lowest BCUT2D eigenvalue weighted by Crippen LogP contribution is -2.42. The monoisotopic (exact) mass is 189 g/mol. The third-order valence-electron chi connectivity index (χ3n) is 1.84. The molecule has 1 aliphatic rings. The highest BCUT2D eigenvalue weighted by Gasteiger charge is 2.20. The molecule has 0 saturated carbocycles. The van der Waals surface area contributed by atoms with Crippen LogP contribution in [-0.2, 0) is 4.74 Å². The molecule has 0 aromatic rings. The van der Waals surface area contributed by atoms with Crippen LogP contribution in [-0.4, -0.2) is 42.9 Å². The molecule has 0 atom stereocenters. The minimum absolute atomic E-state index is 0.135. The zero-order valence-corrected chi connectivity index (χ0v) is 8.45. The minimum Gasteiger partial charge on any atom is -0.449 e. The van der Waals surface area contributed by atoms with Gasteiger partial charge >= 0.3 is 6.09 Å². The third-order valence-corrected chi connectivity index (χ3v) is 1.84. The Bertz CT molecular complexity index is 135. The third kappa shape index (κ3) is 4.72. The van der Waals surface area contributed by atoms with Gasteiger partial charge in [-0.2, -0.15) is 0 Å². The summed E-state index contributed by atoms with van der Waals surface area (Å²) in [5.74, 6) is 0. The molecular formula is C9H19NO3. The van der Waals surface area contributed by atoms with E-state index in [4.69, 9.17) is 9.84 Å². The van der Waals surface area contributed by atoms with Gasteiger partial charge in [-0.05, 0) is 12.8 Å². The van der Waals surface area contributed by atoms with Crippen molar-refractivity contribution in [2.75, 3.05) is 26.8 Å². The molecule has 4 heteroatoms. The van der Waals surface area contributed by atoms with Crippen LogP contribution in [0, 0.1) is 0 Å². The quantitative estimate of drug-likeness (QED) is 0.679. The second-order valence-corrected chi connectivity index (χ2v) is 2.81. The van der Waals surface area contributed by atoms with Crippen LogP contribution in [0.25, 0.3) is 0 Å². The number of amides is 1. The van der Waals surface area contributed by atoms with Crippen LogP contribution >= 0.6 is 0 Å². The molecule has 0 aliphatic carbocycles. The van der Waals surface area contributed by atoms with Gasteiger partial charge in [0.05, 0.1) is 6.61 Å². The standard InChI is InChI=1S/C8H15NO2.CH4O/c1-2-3-7-11-8(10)9-5-4-6-9;1-2/h2-7H2,1H3;2H,1H3. The van der Waals surface area contributed by atoms with Gasteiger partial charge in [0.25, 0.3) is 0 Å². The number of nitrogens with zero attached hydrogens (tertiary/aromatic N) is 1. The van der Waals surface area contributed by atoms with Crippen LogP contribution < -0.4 is 0 Å². The molecule has 0 spiro atoms. The Morgan fingerprint density at radius 2 is 2.08 bits per heavy atom. The van der Waals surface area contributed by atoms with E-state index in [2.05, 4.69) is 6.92 Å². The SMILES string of the molecule is CCCCOC(=O)N1CCC1.CO. The zero-order valence-electron chi connectivity index (χ0n) is 8.45. The number of aliphatic hydroxyl groups excluding tert-OH is 1. The van der Waals surface area contributed by atoms with E-state index in [1.54, 1.807) is 4.90 Å². The number of unbranched alkanes of at least 4 members (excludes halogenated alkanes) is 1. The first-order valence-electron chi connectivity index (χ1n) is 4.71. The summed E-state index contributed by atoms with van der Waals surface area (Å²) in [6.07, 6.45) is 3.04. The lowest BCUT2D eigenvalue weighted by molar-refractivity contribution is 0.0799. The maximum Gasteiger partial charge on any atom is 0.409 e. The highest BCUT2D eigenvalue weighted by Crippen LogP contribution is 2.07. The van der Waals surface area contributed by atoms with E-state index in [1.165, 1.54) is 0 Å². The molecule has 1 rings (SSSR count). The molecule has 0 unspecified atom stereocenters. The molecule has 78 valence electrons. The summed E-state index contributed by atoms with van der Waals surface area (Å²) in [5, 5.41) is 7.00. The fourth-order valence-corrected chi connectivity index (χ4v) is 0.894. The van der Waals surface area contributed by atoms with Crippen LogP contribution in [0.2, 0.25) is 0 Å². The van der Waals surface area contributed by atoms with Crippen LogP contribution in [0.15, 0.2) is 0 Å². The van der Waals surface area contributed by atoms with E-state index in [1.807, 2.05) is 0 Å². The first-order chi connectivity index (χ1) is 6.34. The molecule has 4 nitrogen and oxygen atoms in total. The van der Waals surface area contributed by atoms with Crippen molar-refractivity contribution in [1.29, 1.82) is 0 Å². The smallest absolute Gasteiger partial charge is 0.409 e. The Kier molecular flexibility index (Phi) is 7.39. The Morgan fingerprint density at radius 1 is 1.46 bits per heavy atom. The van der Waals surface area contributed by atoms with Crippen LogP contribution in [0.4, 0.5) is 4.79 Å². The molecule has 1 heterocycles. The lowest BCUT2D eigenvalue weighted by atomic mass is 10.2. The minimum atomic E-state index is -0.135. The number of carbonyl (C=O) groups is 1. The Balaban J connectivity index is 0.000000671. The number of hydrogen-bond acceptors (Lipinski definition) is 3. The van der Waals surface area contributed by atoms with Gasteiger partial charge in [-0.1, -0.05) is 13.3 Å². The van der Waals surface area contributed by atoms with E-state index in [9.17, 15) is 4.79 Å². The largest absolute Gasteiger partial charge is 0.449 e. The fourth-order valence-electron chi connectivity index (χ4n) is 0.894. The normalized spacial score (nSPS) is 13.9. The van der Waals surface area contributed by atoms with Crippen molar-refractivity contribution in [3.63, 3.8) is 0 Å². The van der Waals surface area contributed by atoms with E-state index >= 15 is 0 Å². The van der Waals surface area contributed by atoms with E-state index in [0.29, 0.717) is 6.61 Å². The molecule has 1 saturated heterocycles. The average Bonchev–Trinajstić information content (AvgIpc) is 2.05. The summed E-state index contributed by atoms with van der Waals surface area (Å²) >= 11 is 0. The first-order valence-corrected chi connectivity index (χ1v) is 4.71. The summed E-state index contributed by atoms with van der Waals surface area (Å²) in [6, 6.07) is 0. The number of likely N-dealkylation sites (tertiary alicyclic amines) is 1. The Labute approximate surface area is 79.5 Å². The second-order valence-electron chi connectivity index (χ2n) is 2.81. The highest BCUT2D eigenvalue weighted by atomic mass is 16.6. The van der Waals surface area contributed by atoms with Crippen LogP contribution in [0.1, 0.15) is 26.2 Å². The van der Waals surface area contributed by atoms with Crippen LogP contribution in [0.3, 0.4) is 0 Å². The van der Waals surface area contributed by atoms with Gasteiger partial charge in [0.15, 0.2) is 0 Å². The van der Waals surface area contributed by atoms with Crippen molar-refractivity contribution in [1.82, 2.24) is 4.90 Å². The number of carbonyl (C=O) groups excluding carboxylic acids is 1. The van der Waals surface area contributed by atoms with E-state index in [0.717, 1.165) is 39.5 Å². The molecular weight excluding hydrogens is 170 g/mol. The maximum absolute atomic E-state index is 11.0. The molecule has 0 aromatic heterocycles. The highest BCUT2D eigenvalue weighted by molar-refractivity contribution is 5.68. The molecule has 1 fully saturated rings. The Morgan fingerprint density at radius 3 is 2.46 bits per heavy atom. The van der Waals surface area contributed by atoms with Gasteiger partial charge in [-0.3, -0.25) is 0 Å². The number of hydrogen-bond donors (Lipinski definition) is 1. The summed E-state index contributed by atoms with van der Waals surface area (Å²) in [5.41, 5.74) is 0. The lowest BCUT2D eigenvalue weighted by Gasteiger charge is -2.29. The topological polar surface area (TPSA) is 49.8 Å². The van der Waals surface area contributed by atoms with Gasteiger partial charge < -0.3 is 14.7 Å². The molecule has 0 aromatic carbocycles. The molecule has 1 N–H and O–H groups in total. The summed E-state index contributed by atoms with van der Waals surface area (Å²) < 4.78 is 4.97. The Hall–Kier alpha value is -0.770. The van der Waals surface area contributed by atoms with Crippen molar-refractivity contribution < 1.29 is 14.6 Å². The molecule has 0 radical (unpaired) electrons. The second kappa shape index (κ2) is 7.86. The van der Waals surface area contributed by atoms with E-state index in [-0.39, 0.29) is 6.09 Å². The average molecular weight is 189 g/mol. The molecule has 1 amide bonds. The molecule has 0 bridgehead atoms. The van der Waals surface area contributed by atoms with E-state index < -0.39 is 0 Å². The maximum atomic E-state index is 11.0. The van der Waals surface area contributed by atoms with Gasteiger partial charge in [-0.15, -0.1) is 0 Å². The fraction of sp³-hybridized carbons (Fsp3) is 0.889. The number of aliphatic hydroxyl groups is 1. The van der Waals surface area contributed by atoms with Crippen molar-refractivity contribution in [2.45, 2.75) is 26.2 Å². The van der Waals surface area contributed by atoms with Crippen molar-refractivity contribution in [2.24, 2.45) is 0 Å². The van der Waals surface area contributed by atoms with Gasteiger partial charge in [0.1, 0.15) is 0 Å². The summed E-state index contributed by atoms with van der Waals surface area (Å²) in [4.78, 5) is 12.7. The predicted molar refractivity (Wildman–Crippen MR) is 50.6 cm³/mol.